The summed E-state index contributed by atoms with van der Waals surface area (Å²) in [5, 5.41) is 5.58. The highest BCUT2D eigenvalue weighted by Gasteiger charge is 2.08. The third kappa shape index (κ3) is 6.48. The Bertz CT molecular complexity index is 402. The first-order chi connectivity index (χ1) is 10.1. The zero-order chi connectivity index (χ0) is 15.7. The fourth-order valence-corrected chi connectivity index (χ4v) is 2.80. The number of guanidine groups is 1. The van der Waals surface area contributed by atoms with Gasteiger partial charge in [0.25, 0.3) is 0 Å². The van der Waals surface area contributed by atoms with Crippen molar-refractivity contribution in [2.75, 3.05) is 40.8 Å². The normalized spacial score (nSPS) is 13.5. The van der Waals surface area contributed by atoms with Gasteiger partial charge in [-0.1, -0.05) is 13.0 Å². The summed E-state index contributed by atoms with van der Waals surface area (Å²) in [6.07, 6.45) is 2.26. The Morgan fingerprint density at radius 3 is 2.71 bits per heavy atom. The maximum absolute atomic E-state index is 4.37. The maximum atomic E-state index is 4.37. The van der Waals surface area contributed by atoms with Crippen LogP contribution in [0, 0.1) is 0 Å². The quantitative estimate of drug-likeness (QED) is 0.591. The highest BCUT2D eigenvalue weighted by atomic mass is 32.1. The van der Waals surface area contributed by atoms with Crippen molar-refractivity contribution in [1.82, 2.24) is 15.1 Å². The molecule has 0 fully saturated rings. The molecule has 0 aromatic carbocycles. The minimum absolute atomic E-state index is 0.630. The van der Waals surface area contributed by atoms with Crippen LogP contribution in [0.5, 0.6) is 0 Å². The standard InChI is InChI=1S/C16H30N4S/c1-6-14(2)19(4)12-10-18-16(17-3)20(5)11-9-15-8-7-13-21-15/h7-8,13-14H,6,9-12H2,1-5H3,(H,17,18). The van der Waals surface area contributed by atoms with Crippen molar-refractivity contribution < 1.29 is 0 Å². The topological polar surface area (TPSA) is 30.9 Å². The molecule has 21 heavy (non-hydrogen) atoms. The summed E-state index contributed by atoms with van der Waals surface area (Å²) >= 11 is 1.82. The molecule has 0 saturated carbocycles. The number of hydrogen-bond acceptors (Lipinski definition) is 3. The van der Waals surface area contributed by atoms with Gasteiger partial charge >= 0.3 is 0 Å². The number of rotatable bonds is 8. The van der Waals surface area contributed by atoms with Crippen LogP contribution < -0.4 is 5.32 Å². The van der Waals surface area contributed by atoms with Gasteiger partial charge in [-0.25, -0.2) is 0 Å². The molecular weight excluding hydrogens is 280 g/mol. The van der Waals surface area contributed by atoms with Gasteiger partial charge in [0.05, 0.1) is 0 Å². The fourth-order valence-electron chi connectivity index (χ4n) is 2.10. The first kappa shape index (κ1) is 18.0. The second-order valence-electron chi connectivity index (χ2n) is 5.46. The molecule has 5 heteroatoms. The summed E-state index contributed by atoms with van der Waals surface area (Å²) in [5.74, 6) is 0.976. The Morgan fingerprint density at radius 2 is 2.14 bits per heavy atom. The molecule has 0 amide bonds. The van der Waals surface area contributed by atoms with E-state index in [4.69, 9.17) is 0 Å². The number of likely N-dealkylation sites (N-methyl/N-ethyl adjacent to an activating group) is 2. The highest BCUT2D eigenvalue weighted by molar-refractivity contribution is 7.09. The van der Waals surface area contributed by atoms with E-state index < -0.39 is 0 Å². The van der Waals surface area contributed by atoms with Crippen molar-refractivity contribution in [2.24, 2.45) is 4.99 Å². The maximum Gasteiger partial charge on any atom is 0.193 e. The van der Waals surface area contributed by atoms with E-state index in [-0.39, 0.29) is 0 Å². The van der Waals surface area contributed by atoms with Crippen LogP contribution in [-0.4, -0.2) is 62.6 Å². The SMILES string of the molecule is CCC(C)N(C)CCNC(=NC)N(C)CCc1cccs1. The van der Waals surface area contributed by atoms with E-state index in [1.807, 2.05) is 18.4 Å². The summed E-state index contributed by atoms with van der Waals surface area (Å²) in [7, 11) is 6.13. The van der Waals surface area contributed by atoms with E-state index in [2.05, 4.69) is 65.6 Å². The Morgan fingerprint density at radius 1 is 1.38 bits per heavy atom. The molecule has 1 aromatic rings. The van der Waals surface area contributed by atoms with Gasteiger partial charge in [-0.05, 0) is 38.3 Å². The third-order valence-corrected chi connectivity index (χ3v) is 4.87. The molecule has 1 aromatic heterocycles. The van der Waals surface area contributed by atoms with Gasteiger partial charge in [-0.3, -0.25) is 4.99 Å². The minimum Gasteiger partial charge on any atom is -0.355 e. The number of nitrogens with one attached hydrogen (secondary N) is 1. The summed E-state index contributed by atoms with van der Waals surface area (Å²) < 4.78 is 0. The highest BCUT2D eigenvalue weighted by Crippen LogP contribution is 2.09. The van der Waals surface area contributed by atoms with Crippen LogP contribution in [-0.2, 0) is 6.42 Å². The van der Waals surface area contributed by atoms with Gasteiger partial charge in [-0.15, -0.1) is 11.3 Å². The Kier molecular flexibility index (Phi) is 8.38. The molecule has 0 aliphatic rings. The molecular formula is C16H30N4S. The van der Waals surface area contributed by atoms with Crippen molar-refractivity contribution >= 4 is 17.3 Å². The number of thiophene rings is 1. The van der Waals surface area contributed by atoms with Crippen molar-refractivity contribution in [3.63, 3.8) is 0 Å². The predicted octanol–water partition coefficient (Wildman–Crippen LogP) is 2.53. The zero-order valence-corrected chi connectivity index (χ0v) is 14.9. The van der Waals surface area contributed by atoms with Crippen molar-refractivity contribution in [3.05, 3.63) is 22.4 Å². The molecule has 0 spiro atoms. The second kappa shape index (κ2) is 9.79. The van der Waals surface area contributed by atoms with Crippen LogP contribution in [0.2, 0.25) is 0 Å². The fraction of sp³-hybridized carbons (Fsp3) is 0.688. The molecule has 1 rings (SSSR count). The van der Waals surface area contributed by atoms with Gasteiger partial charge in [-0.2, -0.15) is 0 Å². The van der Waals surface area contributed by atoms with Crippen LogP contribution >= 0.6 is 11.3 Å². The van der Waals surface area contributed by atoms with Gasteiger partial charge in [0.15, 0.2) is 5.96 Å². The number of hydrogen-bond donors (Lipinski definition) is 1. The molecule has 0 bridgehead atoms. The largest absolute Gasteiger partial charge is 0.355 e. The van der Waals surface area contributed by atoms with Crippen LogP contribution in [0.15, 0.2) is 22.5 Å². The summed E-state index contributed by atoms with van der Waals surface area (Å²) in [4.78, 5) is 10.4. The number of nitrogens with zero attached hydrogens (tertiary/aromatic N) is 3. The lowest BCUT2D eigenvalue weighted by molar-refractivity contribution is 0.255. The van der Waals surface area contributed by atoms with Gasteiger partial charge < -0.3 is 15.1 Å². The summed E-state index contributed by atoms with van der Waals surface area (Å²) in [5.41, 5.74) is 0. The molecule has 0 radical (unpaired) electrons. The third-order valence-electron chi connectivity index (χ3n) is 3.94. The molecule has 4 nitrogen and oxygen atoms in total. The van der Waals surface area contributed by atoms with Gasteiger partial charge in [0.1, 0.15) is 0 Å². The lowest BCUT2D eigenvalue weighted by Gasteiger charge is -2.26. The van der Waals surface area contributed by atoms with Crippen LogP contribution in [0.3, 0.4) is 0 Å². The summed E-state index contributed by atoms with van der Waals surface area (Å²) in [6, 6.07) is 4.93. The molecule has 1 unspecified atom stereocenters. The van der Waals surface area contributed by atoms with Crippen LogP contribution in [0.25, 0.3) is 0 Å². The van der Waals surface area contributed by atoms with Gasteiger partial charge in [0, 0.05) is 44.6 Å². The van der Waals surface area contributed by atoms with Gasteiger partial charge in [0.2, 0.25) is 0 Å². The zero-order valence-electron chi connectivity index (χ0n) is 14.1. The van der Waals surface area contributed by atoms with E-state index in [1.165, 1.54) is 11.3 Å². The van der Waals surface area contributed by atoms with Crippen LogP contribution in [0.4, 0.5) is 0 Å². The Hall–Kier alpha value is -1.07. The van der Waals surface area contributed by atoms with Crippen LogP contribution in [0.1, 0.15) is 25.1 Å². The molecule has 0 aliphatic carbocycles. The molecule has 0 saturated heterocycles. The average molecular weight is 311 g/mol. The lowest BCUT2D eigenvalue weighted by atomic mass is 10.2. The summed E-state index contributed by atoms with van der Waals surface area (Å²) in [6.45, 7) is 7.44. The van der Waals surface area contributed by atoms with E-state index in [1.54, 1.807) is 0 Å². The predicted molar refractivity (Wildman–Crippen MR) is 94.4 cm³/mol. The molecule has 1 atom stereocenters. The van der Waals surface area contributed by atoms with Crippen molar-refractivity contribution in [3.8, 4) is 0 Å². The first-order valence-electron chi connectivity index (χ1n) is 7.72. The Labute approximate surface area is 133 Å². The van der Waals surface area contributed by atoms with Crippen molar-refractivity contribution in [1.29, 1.82) is 0 Å². The average Bonchev–Trinajstić information content (AvgIpc) is 3.01. The van der Waals surface area contributed by atoms with E-state index >= 15 is 0 Å². The number of aliphatic imine (C=N–C) groups is 1. The smallest absolute Gasteiger partial charge is 0.193 e. The molecule has 120 valence electrons. The Balaban J connectivity index is 2.30. The second-order valence-corrected chi connectivity index (χ2v) is 6.50. The van der Waals surface area contributed by atoms with Crippen molar-refractivity contribution in [2.45, 2.75) is 32.7 Å². The van der Waals surface area contributed by atoms with E-state index in [9.17, 15) is 0 Å². The molecule has 1 N–H and O–H groups in total. The molecule has 0 aliphatic heterocycles. The lowest BCUT2D eigenvalue weighted by Crippen LogP contribution is -2.43. The van der Waals surface area contributed by atoms with E-state index in [0.717, 1.165) is 32.0 Å². The van der Waals surface area contributed by atoms with E-state index in [0.29, 0.717) is 6.04 Å². The first-order valence-corrected chi connectivity index (χ1v) is 8.60. The minimum atomic E-state index is 0.630. The molecule has 1 heterocycles. The monoisotopic (exact) mass is 310 g/mol.